The normalized spacial score (nSPS) is 17.8. The van der Waals surface area contributed by atoms with Crippen molar-refractivity contribution in [2.24, 2.45) is 10.2 Å². The molecule has 3 heterocycles. The Labute approximate surface area is 190 Å². The lowest BCUT2D eigenvalue weighted by molar-refractivity contribution is -0.123. The fourth-order valence-corrected chi connectivity index (χ4v) is 4.83. The number of aromatic amines is 1. The summed E-state index contributed by atoms with van der Waals surface area (Å²) in [6.45, 7) is 0. The number of rotatable bonds is 4. The van der Waals surface area contributed by atoms with Crippen LogP contribution < -0.4 is 10.2 Å². The van der Waals surface area contributed by atoms with Crippen molar-refractivity contribution in [2.45, 2.75) is 31.2 Å². The van der Waals surface area contributed by atoms with E-state index in [0.29, 0.717) is 24.3 Å². The quantitative estimate of drug-likeness (QED) is 0.640. The lowest BCUT2D eigenvalue weighted by atomic mass is 10.0. The van der Waals surface area contributed by atoms with E-state index in [1.807, 2.05) is 42.5 Å². The minimum absolute atomic E-state index is 0. The van der Waals surface area contributed by atoms with Crippen LogP contribution >= 0.6 is 11.8 Å². The number of fused-ring (bicyclic) bond motifs is 2. The van der Waals surface area contributed by atoms with E-state index in [-0.39, 0.29) is 19.2 Å². The average Bonchev–Trinajstić information content (AvgIpc) is 3.42. The first-order valence-corrected chi connectivity index (χ1v) is 10.9. The highest BCUT2D eigenvalue weighted by Crippen LogP contribution is 2.36. The fraction of sp³-hybridized carbons (Fsp3) is 0.261. The highest BCUT2D eigenvalue weighted by molar-refractivity contribution is 7.99. The second kappa shape index (κ2) is 8.96. The zero-order valence-corrected chi connectivity index (χ0v) is 17.6. The van der Waals surface area contributed by atoms with Gasteiger partial charge in [0.1, 0.15) is 11.8 Å². The molecule has 5 rings (SSSR count). The van der Waals surface area contributed by atoms with Gasteiger partial charge in [-0.1, -0.05) is 37.8 Å². The van der Waals surface area contributed by atoms with Crippen molar-refractivity contribution < 1.29 is 9.59 Å². The van der Waals surface area contributed by atoms with E-state index in [0.717, 1.165) is 32.9 Å². The SMILES string of the molecule is C.CN1C(=O)[C@@H](NC(=O)C2=NN=C(Cc3ccccc3)C2)CSc2cc3nc[nH]c3cc21. The van der Waals surface area contributed by atoms with Gasteiger partial charge in [-0.15, -0.1) is 16.9 Å². The number of H-pyrrole nitrogens is 1. The summed E-state index contributed by atoms with van der Waals surface area (Å²) in [4.78, 5) is 35.7. The second-order valence-electron chi connectivity index (χ2n) is 7.53. The van der Waals surface area contributed by atoms with Crippen LogP contribution in [0, 0.1) is 0 Å². The third-order valence-electron chi connectivity index (χ3n) is 5.40. The number of anilines is 1. The summed E-state index contributed by atoms with van der Waals surface area (Å²) in [5.74, 6) is -0.0792. The predicted octanol–water partition coefficient (Wildman–Crippen LogP) is 3.20. The minimum atomic E-state index is -0.651. The van der Waals surface area contributed by atoms with Gasteiger partial charge in [-0.25, -0.2) is 4.98 Å². The molecule has 2 N–H and O–H groups in total. The number of nitrogens with zero attached hydrogens (tertiary/aromatic N) is 4. The third-order valence-corrected chi connectivity index (χ3v) is 6.54. The van der Waals surface area contributed by atoms with E-state index < -0.39 is 6.04 Å². The molecular weight excluding hydrogens is 424 g/mol. The summed E-state index contributed by atoms with van der Waals surface area (Å²) in [5.41, 5.74) is 4.81. The van der Waals surface area contributed by atoms with Gasteiger partial charge in [0.05, 0.1) is 28.8 Å². The molecule has 0 saturated heterocycles. The summed E-state index contributed by atoms with van der Waals surface area (Å²) in [6.07, 6.45) is 2.68. The Kier molecular flexibility index (Phi) is 6.09. The first-order chi connectivity index (χ1) is 15.1. The lowest BCUT2D eigenvalue weighted by Gasteiger charge is -2.21. The molecule has 0 bridgehead atoms. The summed E-state index contributed by atoms with van der Waals surface area (Å²) >= 11 is 1.53. The molecule has 2 aliphatic heterocycles. The number of carbonyl (C=O) groups is 2. The highest BCUT2D eigenvalue weighted by atomic mass is 32.2. The number of carbonyl (C=O) groups excluding carboxylic acids is 2. The Morgan fingerprint density at radius 1 is 1.25 bits per heavy atom. The topological polar surface area (TPSA) is 103 Å². The molecule has 2 aromatic carbocycles. The monoisotopic (exact) mass is 448 g/mol. The molecule has 8 nitrogen and oxygen atoms in total. The van der Waals surface area contributed by atoms with Gasteiger partial charge in [0.25, 0.3) is 5.91 Å². The number of hydrogen-bond donors (Lipinski definition) is 2. The maximum Gasteiger partial charge on any atom is 0.268 e. The van der Waals surface area contributed by atoms with Crippen molar-refractivity contribution in [3.8, 4) is 0 Å². The van der Waals surface area contributed by atoms with Crippen LogP contribution in [0.1, 0.15) is 19.4 Å². The Bertz CT molecular complexity index is 1230. The molecule has 0 saturated carbocycles. The summed E-state index contributed by atoms with van der Waals surface area (Å²) in [5, 5.41) is 11.1. The molecule has 0 aliphatic carbocycles. The largest absolute Gasteiger partial charge is 0.345 e. The standard InChI is InChI=1S/C22H20N6O2S.CH4/c1-28-19-9-15-16(24-12-23-15)10-20(19)31-11-18(22(28)30)25-21(29)17-8-14(26-27-17)7-13-5-3-2-4-6-13;/h2-6,9-10,12,18H,7-8,11H2,1H3,(H,23,24)(H,25,29);1H4/t18-;/m0./s1. The van der Waals surface area contributed by atoms with E-state index in [4.69, 9.17) is 0 Å². The molecule has 0 fully saturated rings. The molecule has 32 heavy (non-hydrogen) atoms. The first kappa shape index (κ1) is 21.8. The maximum absolute atomic E-state index is 13.0. The van der Waals surface area contributed by atoms with Gasteiger partial charge in [-0.05, 0) is 17.7 Å². The van der Waals surface area contributed by atoms with Crippen molar-refractivity contribution in [1.29, 1.82) is 0 Å². The van der Waals surface area contributed by atoms with E-state index in [2.05, 4.69) is 25.5 Å². The van der Waals surface area contributed by atoms with E-state index in [1.54, 1.807) is 18.3 Å². The van der Waals surface area contributed by atoms with Crippen LogP contribution in [0.2, 0.25) is 0 Å². The molecule has 2 amide bonds. The molecule has 2 aliphatic rings. The van der Waals surface area contributed by atoms with Gasteiger partial charge in [0.2, 0.25) is 5.91 Å². The van der Waals surface area contributed by atoms with Crippen LogP contribution in [0.3, 0.4) is 0 Å². The van der Waals surface area contributed by atoms with Gasteiger partial charge < -0.3 is 15.2 Å². The van der Waals surface area contributed by atoms with Crippen molar-refractivity contribution in [3.05, 3.63) is 54.4 Å². The van der Waals surface area contributed by atoms with Crippen LogP contribution in [0.5, 0.6) is 0 Å². The molecule has 1 atom stereocenters. The summed E-state index contributed by atoms with van der Waals surface area (Å²) in [6, 6.07) is 13.2. The molecule has 0 spiro atoms. The van der Waals surface area contributed by atoms with Crippen LogP contribution in [-0.2, 0) is 16.0 Å². The van der Waals surface area contributed by atoms with Crippen LogP contribution in [0.15, 0.2) is 63.9 Å². The summed E-state index contributed by atoms with van der Waals surface area (Å²) < 4.78 is 0. The zero-order chi connectivity index (χ0) is 21.4. The Morgan fingerprint density at radius 3 is 2.88 bits per heavy atom. The van der Waals surface area contributed by atoms with E-state index >= 15 is 0 Å². The van der Waals surface area contributed by atoms with Crippen molar-refractivity contribution in [1.82, 2.24) is 15.3 Å². The number of likely N-dealkylation sites (N-methyl/N-ethyl adjacent to an activating group) is 1. The molecule has 0 unspecified atom stereocenters. The molecular formula is C23H24N6O2S. The molecule has 0 radical (unpaired) electrons. The average molecular weight is 449 g/mol. The number of nitrogens with one attached hydrogen (secondary N) is 2. The number of imidazole rings is 1. The number of thioether (sulfide) groups is 1. The van der Waals surface area contributed by atoms with Gasteiger partial charge in [-0.3, -0.25) is 9.59 Å². The van der Waals surface area contributed by atoms with E-state index in [1.165, 1.54) is 11.8 Å². The Morgan fingerprint density at radius 2 is 2.06 bits per heavy atom. The fourth-order valence-electron chi connectivity index (χ4n) is 3.72. The van der Waals surface area contributed by atoms with Crippen LogP contribution in [0.25, 0.3) is 11.0 Å². The van der Waals surface area contributed by atoms with Gasteiger partial charge in [0, 0.05) is 30.5 Å². The molecule has 3 aromatic rings. The first-order valence-electron chi connectivity index (χ1n) is 9.93. The van der Waals surface area contributed by atoms with E-state index in [9.17, 15) is 9.59 Å². The third kappa shape index (κ3) is 4.16. The predicted molar refractivity (Wildman–Crippen MR) is 129 cm³/mol. The van der Waals surface area contributed by atoms with Crippen molar-refractivity contribution >= 4 is 51.7 Å². The van der Waals surface area contributed by atoms with Crippen LogP contribution in [-0.4, -0.2) is 52.0 Å². The smallest absolute Gasteiger partial charge is 0.268 e. The molecule has 164 valence electrons. The Hall–Kier alpha value is -3.46. The number of aromatic nitrogens is 2. The highest BCUT2D eigenvalue weighted by Gasteiger charge is 2.32. The summed E-state index contributed by atoms with van der Waals surface area (Å²) in [7, 11) is 1.72. The minimum Gasteiger partial charge on any atom is -0.345 e. The van der Waals surface area contributed by atoms with Crippen LogP contribution in [0.4, 0.5) is 5.69 Å². The maximum atomic E-state index is 13.0. The Balaban J connectivity index is 0.00000245. The van der Waals surface area contributed by atoms with Gasteiger partial charge in [-0.2, -0.15) is 5.10 Å². The van der Waals surface area contributed by atoms with Gasteiger partial charge in [0.15, 0.2) is 0 Å². The van der Waals surface area contributed by atoms with Crippen molar-refractivity contribution in [3.63, 3.8) is 0 Å². The number of hydrogen-bond acceptors (Lipinski definition) is 6. The van der Waals surface area contributed by atoms with Crippen molar-refractivity contribution in [2.75, 3.05) is 17.7 Å². The zero-order valence-electron chi connectivity index (χ0n) is 16.8. The molecule has 1 aromatic heterocycles. The number of benzene rings is 2. The number of amides is 2. The lowest BCUT2D eigenvalue weighted by Crippen LogP contribution is -2.50. The second-order valence-corrected chi connectivity index (χ2v) is 8.59. The van der Waals surface area contributed by atoms with Gasteiger partial charge >= 0.3 is 0 Å². The molecule has 9 heteroatoms.